The number of fused-ring (bicyclic) bond motifs is 1. The molecule has 90 valence electrons. The molecule has 0 aliphatic carbocycles. The Hall–Kier alpha value is -2.27. The van der Waals surface area contributed by atoms with E-state index >= 15 is 0 Å². The molecule has 0 bridgehead atoms. The summed E-state index contributed by atoms with van der Waals surface area (Å²) in [4.78, 5) is 11.1. The van der Waals surface area contributed by atoms with Gasteiger partial charge in [-0.1, -0.05) is 48.4 Å². The summed E-state index contributed by atoms with van der Waals surface area (Å²) in [6.45, 7) is 1.66. The minimum absolute atomic E-state index is 0.445. The predicted octanol–water partition coefficient (Wildman–Crippen LogP) is 3.11. The van der Waals surface area contributed by atoms with Gasteiger partial charge in [0.25, 0.3) is 0 Å². The lowest BCUT2D eigenvalue weighted by Gasteiger charge is -2.07. The molecule has 0 aromatic heterocycles. The van der Waals surface area contributed by atoms with Crippen molar-refractivity contribution < 1.29 is 9.90 Å². The zero-order chi connectivity index (χ0) is 13.0. The summed E-state index contributed by atoms with van der Waals surface area (Å²) in [5.41, 5.74) is 1.00. The lowest BCUT2D eigenvalue weighted by atomic mass is 9.97. The average Bonchev–Trinajstić information content (AvgIpc) is 2.38. The van der Waals surface area contributed by atoms with Gasteiger partial charge in [0.05, 0.1) is 0 Å². The molecule has 2 heteroatoms. The van der Waals surface area contributed by atoms with Crippen molar-refractivity contribution in [1.29, 1.82) is 0 Å². The Morgan fingerprint density at radius 2 is 1.94 bits per heavy atom. The van der Waals surface area contributed by atoms with Gasteiger partial charge in [-0.2, -0.15) is 0 Å². The third-order valence-corrected chi connectivity index (χ3v) is 2.87. The van der Waals surface area contributed by atoms with Crippen LogP contribution in [0.1, 0.15) is 12.5 Å². The molecule has 2 aromatic carbocycles. The molecule has 0 saturated carbocycles. The summed E-state index contributed by atoms with van der Waals surface area (Å²) in [5, 5.41) is 11.4. The smallest absolute Gasteiger partial charge is 0.319 e. The van der Waals surface area contributed by atoms with Crippen molar-refractivity contribution in [1.82, 2.24) is 0 Å². The lowest BCUT2D eigenvalue weighted by molar-refractivity contribution is -0.139. The maximum Gasteiger partial charge on any atom is 0.319 e. The van der Waals surface area contributed by atoms with Crippen LogP contribution in [0.2, 0.25) is 0 Å². The number of aliphatic carboxylic acids is 1. The molecule has 1 atom stereocenters. The van der Waals surface area contributed by atoms with E-state index < -0.39 is 11.9 Å². The molecule has 0 saturated heterocycles. The number of benzene rings is 2. The zero-order valence-corrected chi connectivity index (χ0v) is 10.2. The van der Waals surface area contributed by atoms with E-state index in [0.717, 1.165) is 16.3 Å². The van der Waals surface area contributed by atoms with Crippen LogP contribution in [0.3, 0.4) is 0 Å². The van der Waals surface area contributed by atoms with Crippen molar-refractivity contribution in [2.75, 3.05) is 0 Å². The maximum atomic E-state index is 11.1. The van der Waals surface area contributed by atoms with Crippen LogP contribution in [-0.4, -0.2) is 11.1 Å². The van der Waals surface area contributed by atoms with E-state index in [1.165, 1.54) is 0 Å². The minimum Gasteiger partial charge on any atom is -0.480 e. The number of rotatable bonds is 3. The number of carboxylic acid groups (broad SMARTS) is 1. The molecule has 0 unspecified atom stereocenters. The van der Waals surface area contributed by atoms with E-state index in [1.54, 1.807) is 6.92 Å². The van der Waals surface area contributed by atoms with Crippen molar-refractivity contribution in [2.24, 2.45) is 5.92 Å². The van der Waals surface area contributed by atoms with Crippen LogP contribution in [0.25, 0.3) is 10.8 Å². The fraction of sp³-hybridized carbons (Fsp3) is 0.188. The van der Waals surface area contributed by atoms with Crippen molar-refractivity contribution in [3.63, 3.8) is 0 Å². The van der Waals surface area contributed by atoms with Gasteiger partial charge >= 0.3 is 5.97 Å². The van der Waals surface area contributed by atoms with E-state index in [2.05, 4.69) is 11.8 Å². The number of hydrogen-bond donors (Lipinski definition) is 1. The second-order valence-corrected chi connectivity index (χ2v) is 4.17. The van der Waals surface area contributed by atoms with Gasteiger partial charge < -0.3 is 5.11 Å². The van der Waals surface area contributed by atoms with Gasteiger partial charge in [0, 0.05) is 0 Å². The molecule has 18 heavy (non-hydrogen) atoms. The molecule has 0 aliphatic heterocycles. The highest BCUT2D eigenvalue weighted by molar-refractivity contribution is 5.83. The van der Waals surface area contributed by atoms with E-state index in [1.807, 2.05) is 42.5 Å². The second kappa shape index (κ2) is 5.37. The van der Waals surface area contributed by atoms with Crippen molar-refractivity contribution in [2.45, 2.75) is 13.3 Å². The van der Waals surface area contributed by atoms with Gasteiger partial charge in [-0.25, -0.2) is 0 Å². The van der Waals surface area contributed by atoms with Crippen LogP contribution in [-0.2, 0) is 11.2 Å². The van der Waals surface area contributed by atoms with Crippen molar-refractivity contribution in [3.8, 4) is 11.8 Å². The average molecular weight is 238 g/mol. The van der Waals surface area contributed by atoms with Crippen LogP contribution in [0, 0.1) is 17.8 Å². The van der Waals surface area contributed by atoms with Gasteiger partial charge in [0.1, 0.15) is 5.92 Å². The molecule has 0 spiro atoms. The van der Waals surface area contributed by atoms with E-state index in [9.17, 15) is 4.79 Å². The van der Waals surface area contributed by atoms with Gasteiger partial charge in [0.15, 0.2) is 0 Å². The Balaban J connectivity index is 2.30. The molecular formula is C16H14O2. The van der Waals surface area contributed by atoms with Crippen LogP contribution in [0.5, 0.6) is 0 Å². The number of carbonyl (C=O) groups is 1. The summed E-state index contributed by atoms with van der Waals surface area (Å²) in [7, 11) is 0. The van der Waals surface area contributed by atoms with Crippen LogP contribution < -0.4 is 0 Å². The normalized spacial score (nSPS) is 11.6. The largest absolute Gasteiger partial charge is 0.480 e. The molecule has 0 fully saturated rings. The van der Waals surface area contributed by atoms with Crippen molar-refractivity contribution in [3.05, 3.63) is 48.0 Å². The fourth-order valence-electron chi connectivity index (χ4n) is 1.98. The van der Waals surface area contributed by atoms with Crippen molar-refractivity contribution >= 4 is 16.7 Å². The van der Waals surface area contributed by atoms with E-state index in [-0.39, 0.29) is 0 Å². The summed E-state index contributed by atoms with van der Waals surface area (Å²) >= 11 is 0. The maximum absolute atomic E-state index is 11.1. The molecule has 2 nitrogen and oxygen atoms in total. The Kier molecular flexibility index (Phi) is 3.64. The van der Waals surface area contributed by atoms with Crippen LogP contribution in [0.4, 0.5) is 0 Å². The van der Waals surface area contributed by atoms with E-state index in [4.69, 9.17) is 5.11 Å². The molecule has 0 aliphatic rings. The molecule has 2 aromatic rings. The molecular weight excluding hydrogens is 224 g/mol. The van der Waals surface area contributed by atoms with Crippen LogP contribution in [0.15, 0.2) is 42.5 Å². The summed E-state index contributed by atoms with van der Waals surface area (Å²) in [6.07, 6.45) is 0.445. The van der Waals surface area contributed by atoms with Crippen LogP contribution >= 0.6 is 0 Å². The standard InChI is InChI=1S/C16H14O2/c1-2-5-15(16(17)18)11-12-8-9-13-6-3-4-7-14(13)10-12/h3-4,6-10,15H,11H2,1H3,(H,17,18)/t15-/m0/s1. The molecule has 2 rings (SSSR count). The topological polar surface area (TPSA) is 37.3 Å². The number of carboxylic acids is 1. The Bertz CT molecular complexity index is 632. The highest BCUT2D eigenvalue weighted by Crippen LogP contribution is 2.18. The summed E-state index contributed by atoms with van der Waals surface area (Å²) in [5.74, 6) is 3.91. The summed E-state index contributed by atoms with van der Waals surface area (Å²) in [6, 6.07) is 14.1. The fourth-order valence-corrected chi connectivity index (χ4v) is 1.98. The highest BCUT2D eigenvalue weighted by atomic mass is 16.4. The summed E-state index contributed by atoms with van der Waals surface area (Å²) < 4.78 is 0. The Morgan fingerprint density at radius 1 is 1.22 bits per heavy atom. The molecule has 1 N–H and O–H groups in total. The number of hydrogen-bond acceptors (Lipinski definition) is 1. The lowest BCUT2D eigenvalue weighted by Crippen LogP contribution is -2.14. The Labute approximate surface area is 106 Å². The van der Waals surface area contributed by atoms with E-state index in [0.29, 0.717) is 6.42 Å². The monoisotopic (exact) mass is 238 g/mol. The first kappa shape index (κ1) is 12.2. The first-order chi connectivity index (χ1) is 8.70. The van der Waals surface area contributed by atoms with Gasteiger partial charge in [-0.15, -0.1) is 5.92 Å². The SMILES string of the molecule is CC#C[C@@H](Cc1ccc2ccccc2c1)C(=O)O. The zero-order valence-electron chi connectivity index (χ0n) is 10.2. The molecule has 0 radical (unpaired) electrons. The Morgan fingerprint density at radius 3 is 2.61 bits per heavy atom. The minimum atomic E-state index is -0.863. The third kappa shape index (κ3) is 2.70. The van der Waals surface area contributed by atoms with Gasteiger partial charge in [-0.05, 0) is 29.7 Å². The second-order valence-electron chi connectivity index (χ2n) is 4.17. The third-order valence-electron chi connectivity index (χ3n) is 2.87. The van der Waals surface area contributed by atoms with Gasteiger partial charge in [0.2, 0.25) is 0 Å². The first-order valence-corrected chi connectivity index (χ1v) is 5.83. The quantitative estimate of drug-likeness (QED) is 0.834. The molecule has 0 heterocycles. The first-order valence-electron chi connectivity index (χ1n) is 5.83. The highest BCUT2D eigenvalue weighted by Gasteiger charge is 2.14. The predicted molar refractivity (Wildman–Crippen MR) is 72.2 cm³/mol. The van der Waals surface area contributed by atoms with Gasteiger partial charge in [-0.3, -0.25) is 4.79 Å². The molecule has 0 amide bonds.